The smallest absolute Gasteiger partial charge is 0.279 e. The molecular formula is C14H15N3O4. The quantitative estimate of drug-likeness (QED) is 0.697. The number of fused-ring (bicyclic) bond motifs is 1. The lowest BCUT2D eigenvalue weighted by molar-refractivity contribution is -0.121. The second kappa shape index (κ2) is 5.66. The maximum absolute atomic E-state index is 12.2. The zero-order valence-corrected chi connectivity index (χ0v) is 11.6. The summed E-state index contributed by atoms with van der Waals surface area (Å²) in [6.45, 7) is 1.62. The van der Waals surface area contributed by atoms with Gasteiger partial charge < -0.3 is 9.67 Å². The van der Waals surface area contributed by atoms with Gasteiger partial charge in [-0.1, -0.05) is 19.1 Å². The number of hydrogen-bond donors (Lipinski definition) is 3. The van der Waals surface area contributed by atoms with Crippen LogP contribution in [-0.2, 0) is 11.8 Å². The molecule has 0 spiro atoms. The van der Waals surface area contributed by atoms with E-state index in [1.807, 2.05) is 0 Å². The lowest BCUT2D eigenvalue weighted by Crippen LogP contribution is -2.43. The fraction of sp³-hybridized carbons (Fsp3) is 0.214. The molecule has 7 nitrogen and oxygen atoms in total. The lowest BCUT2D eigenvalue weighted by atomic mass is 10.1. The van der Waals surface area contributed by atoms with Crippen LogP contribution in [0, 0.1) is 0 Å². The van der Waals surface area contributed by atoms with E-state index in [-0.39, 0.29) is 6.42 Å². The molecule has 0 unspecified atom stereocenters. The minimum absolute atomic E-state index is 0.183. The van der Waals surface area contributed by atoms with Crippen LogP contribution in [0.5, 0.6) is 5.75 Å². The van der Waals surface area contributed by atoms with Gasteiger partial charge in [0.1, 0.15) is 11.3 Å². The molecule has 3 N–H and O–H groups in total. The van der Waals surface area contributed by atoms with Crippen LogP contribution in [0.4, 0.5) is 0 Å². The van der Waals surface area contributed by atoms with Crippen molar-refractivity contribution in [1.29, 1.82) is 0 Å². The number of amides is 2. The average molecular weight is 289 g/mol. The Morgan fingerprint density at radius 1 is 1.24 bits per heavy atom. The monoisotopic (exact) mass is 289 g/mol. The predicted octanol–water partition coefficient (Wildman–Crippen LogP) is 0.415. The minimum atomic E-state index is -0.861. The standard InChI is InChI=1S/C14H15N3O4/c1-3-10(18)15-16-13(20)11-12(19)8-6-4-5-7-9(8)17(2)14(11)21/h4-7,19H,3H2,1-2H3,(H,15,18)(H,16,20). The second-order valence-electron chi connectivity index (χ2n) is 4.46. The second-order valence-corrected chi connectivity index (χ2v) is 4.46. The van der Waals surface area contributed by atoms with Crippen molar-refractivity contribution in [3.05, 3.63) is 40.2 Å². The number of pyridine rings is 1. The Labute approximate surface area is 120 Å². The van der Waals surface area contributed by atoms with Gasteiger partial charge in [0.15, 0.2) is 0 Å². The van der Waals surface area contributed by atoms with Gasteiger partial charge in [0.2, 0.25) is 5.91 Å². The molecule has 0 saturated heterocycles. The molecule has 1 aromatic heterocycles. The Bertz CT molecular complexity index is 780. The number of aromatic nitrogens is 1. The number of hydrazine groups is 1. The third-order valence-electron chi connectivity index (χ3n) is 3.14. The van der Waals surface area contributed by atoms with Crippen molar-refractivity contribution in [2.24, 2.45) is 7.05 Å². The molecule has 0 radical (unpaired) electrons. The summed E-state index contributed by atoms with van der Waals surface area (Å²) in [4.78, 5) is 35.3. The first kappa shape index (κ1) is 14.6. The van der Waals surface area contributed by atoms with E-state index in [1.54, 1.807) is 31.2 Å². The van der Waals surface area contributed by atoms with Crippen LogP contribution < -0.4 is 16.4 Å². The fourth-order valence-corrected chi connectivity index (χ4v) is 1.96. The van der Waals surface area contributed by atoms with Crippen LogP contribution in [0.25, 0.3) is 10.9 Å². The SMILES string of the molecule is CCC(=O)NNC(=O)c1c(O)c2ccccc2n(C)c1=O. The topological polar surface area (TPSA) is 100 Å². The van der Waals surface area contributed by atoms with Crippen LogP contribution in [0.3, 0.4) is 0 Å². The number of carbonyl (C=O) groups is 2. The summed E-state index contributed by atoms with van der Waals surface area (Å²) in [7, 11) is 1.51. The van der Waals surface area contributed by atoms with E-state index in [9.17, 15) is 19.5 Å². The van der Waals surface area contributed by atoms with Gasteiger partial charge in [-0.15, -0.1) is 0 Å². The summed E-state index contributed by atoms with van der Waals surface area (Å²) >= 11 is 0. The van der Waals surface area contributed by atoms with Gasteiger partial charge in [0.25, 0.3) is 11.5 Å². The number of carbonyl (C=O) groups excluding carboxylic acids is 2. The van der Waals surface area contributed by atoms with Crippen LogP contribution in [0.2, 0.25) is 0 Å². The summed E-state index contributed by atoms with van der Waals surface area (Å²) in [5, 5.41) is 10.5. The maximum Gasteiger partial charge on any atom is 0.279 e. The summed E-state index contributed by atoms with van der Waals surface area (Å²) in [6, 6.07) is 6.68. The molecule has 0 bridgehead atoms. The van der Waals surface area contributed by atoms with E-state index < -0.39 is 28.7 Å². The first-order valence-electron chi connectivity index (χ1n) is 6.37. The molecule has 0 aliphatic heterocycles. The highest BCUT2D eigenvalue weighted by Gasteiger charge is 2.21. The maximum atomic E-state index is 12.2. The van der Waals surface area contributed by atoms with Gasteiger partial charge in [-0.05, 0) is 12.1 Å². The largest absolute Gasteiger partial charge is 0.506 e. The van der Waals surface area contributed by atoms with E-state index in [1.165, 1.54) is 11.6 Å². The third-order valence-corrected chi connectivity index (χ3v) is 3.14. The van der Waals surface area contributed by atoms with Crippen LogP contribution >= 0.6 is 0 Å². The first-order valence-corrected chi connectivity index (χ1v) is 6.37. The first-order chi connectivity index (χ1) is 9.97. The Kier molecular flexibility index (Phi) is 3.93. The van der Waals surface area contributed by atoms with E-state index in [2.05, 4.69) is 10.9 Å². The lowest BCUT2D eigenvalue weighted by Gasteiger charge is -2.12. The molecule has 2 aromatic rings. The van der Waals surface area contributed by atoms with Crippen molar-refractivity contribution in [3.8, 4) is 5.75 Å². The van der Waals surface area contributed by atoms with Crippen molar-refractivity contribution >= 4 is 22.7 Å². The molecule has 0 fully saturated rings. The Morgan fingerprint density at radius 2 is 1.90 bits per heavy atom. The molecule has 21 heavy (non-hydrogen) atoms. The highest BCUT2D eigenvalue weighted by molar-refractivity contribution is 6.02. The van der Waals surface area contributed by atoms with Crippen molar-refractivity contribution in [1.82, 2.24) is 15.4 Å². The van der Waals surface area contributed by atoms with Crippen LogP contribution in [0.1, 0.15) is 23.7 Å². The molecule has 1 aromatic carbocycles. The van der Waals surface area contributed by atoms with Crippen molar-refractivity contribution in [3.63, 3.8) is 0 Å². The number of hydrogen-bond acceptors (Lipinski definition) is 4. The van der Waals surface area contributed by atoms with E-state index in [0.29, 0.717) is 10.9 Å². The number of benzene rings is 1. The van der Waals surface area contributed by atoms with Gasteiger partial charge >= 0.3 is 0 Å². The van der Waals surface area contributed by atoms with E-state index in [0.717, 1.165) is 0 Å². The zero-order chi connectivity index (χ0) is 15.6. The summed E-state index contributed by atoms with van der Waals surface area (Å²) < 4.78 is 1.27. The van der Waals surface area contributed by atoms with Gasteiger partial charge in [0, 0.05) is 18.9 Å². The molecule has 1 heterocycles. The molecular weight excluding hydrogens is 274 g/mol. The van der Waals surface area contributed by atoms with Crippen molar-refractivity contribution in [2.45, 2.75) is 13.3 Å². The van der Waals surface area contributed by atoms with Gasteiger partial charge in [0.05, 0.1) is 5.52 Å². The Hall–Kier alpha value is -2.83. The summed E-state index contributed by atoms with van der Waals surface area (Å²) in [5.74, 6) is -1.67. The molecule has 2 amide bonds. The predicted molar refractivity (Wildman–Crippen MR) is 76.8 cm³/mol. The Morgan fingerprint density at radius 3 is 2.57 bits per heavy atom. The zero-order valence-electron chi connectivity index (χ0n) is 11.6. The fourth-order valence-electron chi connectivity index (χ4n) is 1.96. The van der Waals surface area contributed by atoms with Crippen LogP contribution in [0.15, 0.2) is 29.1 Å². The summed E-state index contributed by atoms with van der Waals surface area (Å²) in [6.07, 6.45) is 0.183. The van der Waals surface area contributed by atoms with Crippen LogP contribution in [-0.4, -0.2) is 21.5 Å². The molecule has 0 aliphatic rings. The van der Waals surface area contributed by atoms with Gasteiger partial charge in [-0.3, -0.25) is 25.2 Å². The molecule has 7 heteroatoms. The highest BCUT2D eigenvalue weighted by atomic mass is 16.3. The molecule has 0 aliphatic carbocycles. The van der Waals surface area contributed by atoms with Crippen molar-refractivity contribution in [2.75, 3.05) is 0 Å². The number of para-hydroxylation sites is 1. The Balaban J connectivity index is 2.52. The van der Waals surface area contributed by atoms with E-state index >= 15 is 0 Å². The van der Waals surface area contributed by atoms with Gasteiger partial charge in [-0.25, -0.2) is 0 Å². The number of aromatic hydroxyl groups is 1. The normalized spacial score (nSPS) is 10.4. The van der Waals surface area contributed by atoms with Gasteiger partial charge in [-0.2, -0.15) is 0 Å². The number of aryl methyl sites for hydroxylation is 1. The number of nitrogens with zero attached hydrogens (tertiary/aromatic N) is 1. The number of nitrogens with one attached hydrogen (secondary N) is 2. The average Bonchev–Trinajstić information content (AvgIpc) is 2.50. The molecule has 2 rings (SSSR count). The third kappa shape index (κ3) is 2.58. The number of rotatable bonds is 2. The highest BCUT2D eigenvalue weighted by Crippen LogP contribution is 2.25. The van der Waals surface area contributed by atoms with E-state index in [4.69, 9.17) is 0 Å². The molecule has 0 atom stereocenters. The summed E-state index contributed by atoms with van der Waals surface area (Å²) in [5.41, 5.74) is 3.72. The molecule has 0 saturated carbocycles. The minimum Gasteiger partial charge on any atom is -0.506 e. The molecule has 110 valence electrons. The van der Waals surface area contributed by atoms with Crippen molar-refractivity contribution < 1.29 is 14.7 Å².